The van der Waals surface area contributed by atoms with Gasteiger partial charge in [-0.15, -0.1) is 11.3 Å². The Morgan fingerprint density at radius 3 is 2.85 bits per heavy atom. The van der Waals surface area contributed by atoms with Crippen LogP contribution in [0.5, 0.6) is 0 Å². The molecule has 2 rings (SSSR count). The van der Waals surface area contributed by atoms with Gasteiger partial charge in [-0.2, -0.15) is 0 Å². The van der Waals surface area contributed by atoms with Gasteiger partial charge in [0.2, 0.25) is 0 Å². The smallest absolute Gasteiger partial charge is 0.337 e. The highest BCUT2D eigenvalue weighted by Crippen LogP contribution is 2.20. The average Bonchev–Trinajstić information content (AvgIpc) is 2.91. The van der Waals surface area contributed by atoms with E-state index in [0.717, 1.165) is 5.69 Å². The van der Waals surface area contributed by atoms with Gasteiger partial charge in [-0.1, -0.05) is 11.6 Å². The molecule has 2 amide bonds. The van der Waals surface area contributed by atoms with Crippen LogP contribution < -0.4 is 10.6 Å². The summed E-state index contributed by atoms with van der Waals surface area (Å²) in [4.78, 5) is 26.8. The lowest BCUT2D eigenvalue weighted by Gasteiger charge is -2.09. The van der Waals surface area contributed by atoms with Gasteiger partial charge in [0.05, 0.1) is 29.0 Å². The summed E-state index contributed by atoms with van der Waals surface area (Å²) in [7, 11) is 0. The number of carbonyl (C=O) groups is 2. The predicted molar refractivity (Wildman–Crippen MR) is 76.4 cm³/mol. The first-order chi connectivity index (χ1) is 9.56. The molecule has 0 spiro atoms. The third-order valence-electron chi connectivity index (χ3n) is 2.37. The van der Waals surface area contributed by atoms with E-state index in [9.17, 15) is 9.59 Å². The molecule has 6 nitrogen and oxygen atoms in total. The van der Waals surface area contributed by atoms with Gasteiger partial charge in [0.15, 0.2) is 0 Å². The number of benzene rings is 1. The Labute approximate surface area is 123 Å². The molecule has 0 atom stereocenters. The van der Waals surface area contributed by atoms with Crippen LogP contribution in [-0.2, 0) is 6.54 Å². The molecule has 104 valence electrons. The molecule has 0 unspecified atom stereocenters. The van der Waals surface area contributed by atoms with Gasteiger partial charge in [0, 0.05) is 10.4 Å². The van der Waals surface area contributed by atoms with E-state index < -0.39 is 12.0 Å². The van der Waals surface area contributed by atoms with Crippen molar-refractivity contribution >= 4 is 40.6 Å². The molecule has 0 aliphatic rings. The second kappa shape index (κ2) is 6.36. The fraction of sp³-hybridized carbons (Fsp3) is 0.0833. The number of anilines is 1. The van der Waals surface area contributed by atoms with Crippen LogP contribution in [0.15, 0.2) is 29.1 Å². The van der Waals surface area contributed by atoms with Crippen LogP contribution in [0.2, 0.25) is 5.02 Å². The second-order valence-corrected chi connectivity index (χ2v) is 4.94. The maximum atomic E-state index is 11.7. The highest BCUT2D eigenvalue weighted by Gasteiger charge is 2.13. The summed E-state index contributed by atoms with van der Waals surface area (Å²) in [6.07, 6.45) is 0. The van der Waals surface area contributed by atoms with Crippen molar-refractivity contribution in [2.45, 2.75) is 6.54 Å². The van der Waals surface area contributed by atoms with Gasteiger partial charge in [-0.3, -0.25) is 0 Å². The lowest BCUT2D eigenvalue weighted by molar-refractivity contribution is 0.0698. The van der Waals surface area contributed by atoms with Gasteiger partial charge >= 0.3 is 12.0 Å². The maximum Gasteiger partial charge on any atom is 0.337 e. The number of hydrogen-bond donors (Lipinski definition) is 3. The number of rotatable bonds is 4. The number of urea groups is 1. The third kappa shape index (κ3) is 3.69. The molecule has 20 heavy (non-hydrogen) atoms. The summed E-state index contributed by atoms with van der Waals surface area (Å²) >= 11 is 7.16. The van der Waals surface area contributed by atoms with Crippen molar-refractivity contribution in [3.8, 4) is 0 Å². The Bertz CT molecular complexity index is 631. The first-order valence-electron chi connectivity index (χ1n) is 5.51. The summed E-state index contributed by atoms with van der Waals surface area (Å²) in [5.41, 5.74) is 2.51. The number of nitrogens with one attached hydrogen (secondary N) is 2. The van der Waals surface area contributed by atoms with Gasteiger partial charge in [-0.05, 0) is 18.2 Å². The zero-order valence-electron chi connectivity index (χ0n) is 10.1. The summed E-state index contributed by atoms with van der Waals surface area (Å²) in [6, 6.07) is 3.71. The van der Waals surface area contributed by atoms with Crippen molar-refractivity contribution < 1.29 is 14.7 Å². The number of halogens is 1. The molecule has 1 aromatic heterocycles. The fourth-order valence-corrected chi connectivity index (χ4v) is 2.20. The summed E-state index contributed by atoms with van der Waals surface area (Å²) < 4.78 is 0. The molecule has 0 fully saturated rings. The van der Waals surface area contributed by atoms with E-state index in [1.54, 1.807) is 5.51 Å². The molecule has 8 heteroatoms. The number of aromatic nitrogens is 1. The largest absolute Gasteiger partial charge is 0.478 e. The normalized spacial score (nSPS) is 10.1. The van der Waals surface area contributed by atoms with Crippen molar-refractivity contribution in [3.63, 3.8) is 0 Å². The van der Waals surface area contributed by atoms with Crippen molar-refractivity contribution in [2.75, 3.05) is 5.32 Å². The Balaban J connectivity index is 2.02. The fourth-order valence-electron chi connectivity index (χ4n) is 1.46. The predicted octanol–water partition coefficient (Wildman–Crippen LogP) is 2.82. The Hall–Kier alpha value is -2.12. The topological polar surface area (TPSA) is 91.3 Å². The minimum Gasteiger partial charge on any atom is -0.478 e. The van der Waals surface area contributed by atoms with E-state index in [-0.39, 0.29) is 22.8 Å². The van der Waals surface area contributed by atoms with E-state index in [4.69, 9.17) is 16.7 Å². The van der Waals surface area contributed by atoms with Gasteiger partial charge < -0.3 is 15.7 Å². The number of hydrogen-bond acceptors (Lipinski definition) is 4. The van der Waals surface area contributed by atoms with Crippen LogP contribution in [0.25, 0.3) is 0 Å². The molecular formula is C12H10ClN3O3S. The van der Waals surface area contributed by atoms with Gasteiger partial charge in [0.25, 0.3) is 0 Å². The van der Waals surface area contributed by atoms with Crippen molar-refractivity contribution in [3.05, 3.63) is 45.4 Å². The quantitative estimate of drug-likeness (QED) is 0.809. The Morgan fingerprint density at radius 1 is 1.40 bits per heavy atom. The lowest BCUT2D eigenvalue weighted by atomic mass is 10.2. The Kier molecular flexibility index (Phi) is 4.54. The standard InChI is InChI=1S/C12H10ClN3O3S/c13-7-1-2-10(9(3-7)11(17)18)16-12(19)14-4-8-5-20-6-15-8/h1-3,5-6H,4H2,(H,17,18)(H2,14,16,19). The number of amides is 2. The van der Waals surface area contributed by atoms with Crippen LogP contribution in [0.4, 0.5) is 10.5 Å². The second-order valence-electron chi connectivity index (χ2n) is 3.78. The van der Waals surface area contributed by atoms with Crippen molar-refractivity contribution in [1.29, 1.82) is 0 Å². The molecule has 0 aliphatic carbocycles. The third-order valence-corrected chi connectivity index (χ3v) is 3.24. The molecule has 0 saturated heterocycles. The van der Waals surface area contributed by atoms with Crippen LogP contribution in [0.1, 0.15) is 16.1 Å². The number of nitrogens with zero attached hydrogens (tertiary/aromatic N) is 1. The number of thiazole rings is 1. The lowest BCUT2D eigenvalue weighted by Crippen LogP contribution is -2.29. The first-order valence-corrected chi connectivity index (χ1v) is 6.83. The molecule has 0 bridgehead atoms. The molecule has 0 radical (unpaired) electrons. The average molecular weight is 312 g/mol. The van der Waals surface area contributed by atoms with E-state index in [0.29, 0.717) is 0 Å². The zero-order valence-corrected chi connectivity index (χ0v) is 11.7. The molecule has 2 aromatic rings. The monoisotopic (exact) mass is 311 g/mol. The van der Waals surface area contributed by atoms with Crippen LogP contribution in [-0.4, -0.2) is 22.1 Å². The highest BCUT2D eigenvalue weighted by molar-refractivity contribution is 7.07. The minimum absolute atomic E-state index is 0.0682. The minimum atomic E-state index is -1.16. The molecule has 3 N–H and O–H groups in total. The SMILES string of the molecule is O=C(NCc1cscn1)Nc1ccc(Cl)cc1C(=O)O. The number of aromatic carboxylic acids is 1. The molecular weight excluding hydrogens is 302 g/mol. The molecule has 1 aromatic carbocycles. The van der Waals surface area contributed by atoms with Gasteiger partial charge in [-0.25, -0.2) is 14.6 Å². The number of carboxylic acid groups (broad SMARTS) is 1. The van der Waals surface area contributed by atoms with Gasteiger partial charge in [0.1, 0.15) is 0 Å². The molecule has 0 saturated carbocycles. The van der Waals surface area contributed by atoms with E-state index in [1.165, 1.54) is 29.5 Å². The number of carboxylic acids is 1. The van der Waals surface area contributed by atoms with Crippen molar-refractivity contribution in [2.24, 2.45) is 0 Å². The van der Waals surface area contributed by atoms with Crippen LogP contribution >= 0.6 is 22.9 Å². The highest BCUT2D eigenvalue weighted by atomic mass is 35.5. The summed E-state index contributed by atoms with van der Waals surface area (Å²) in [5.74, 6) is -1.16. The number of carbonyl (C=O) groups excluding carboxylic acids is 1. The molecule has 0 aliphatic heterocycles. The van der Waals surface area contributed by atoms with Crippen molar-refractivity contribution in [1.82, 2.24) is 10.3 Å². The summed E-state index contributed by atoms with van der Waals surface area (Å²) in [6.45, 7) is 0.269. The van der Waals surface area contributed by atoms with Crippen LogP contribution in [0, 0.1) is 0 Å². The van der Waals surface area contributed by atoms with E-state index in [2.05, 4.69) is 15.6 Å². The zero-order chi connectivity index (χ0) is 14.5. The van der Waals surface area contributed by atoms with Crippen LogP contribution in [0.3, 0.4) is 0 Å². The summed E-state index contributed by atoms with van der Waals surface area (Å²) in [5, 5.41) is 16.2. The Morgan fingerprint density at radius 2 is 2.20 bits per heavy atom. The van der Waals surface area contributed by atoms with E-state index in [1.807, 2.05) is 5.38 Å². The molecule has 1 heterocycles. The maximum absolute atomic E-state index is 11.7. The first kappa shape index (κ1) is 14.3. The van der Waals surface area contributed by atoms with E-state index >= 15 is 0 Å².